The van der Waals surface area contributed by atoms with Crippen molar-refractivity contribution in [1.82, 2.24) is 35.2 Å². The molecule has 2 aromatic heterocycles. The summed E-state index contributed by atoms with van der Waals surface area (Å²) < 4.78 is 7.42. The third-order valence-corrected chi connectivity index (χ3v) is 5.27. The molecule has 146 valence electrons. The second kappa shape index (κ2) is 8.48. The zero-order valence-corrected chi connectivity index (χ0v) is 16.3. The van der Waals surface area contributed by atoms with E-state index in [9.17, 15) is 0 Å². The van der Waals surface area contributed by atoms with Crippen LogP contribution in [0.5, 0.6) is 0 Å². The molecular formula is C17H21N9OS. The SMILES string of the molecule is Cc1ccccc1Nc1nc(N)nc(CSc2nnnn2C[C@H]2CCCO2)n1. The summed E-state index contributed by atoms with van der Waals surface area (Å²) in [4.78, 5) is 12.9. The maximum Gasteiger partial charge on any atom is 0.232 e. The fraction of sp³-hybridized carbons (Fsp3) is 0.412. The Morgan fingerprint density at radius 2 is 2.18 bits per heavy atom. The number of ether oxygens (including phenoxy) is 1. The Morgan fingerprint density at radius 1 is 1.29 bits per heavy atom. The van der Waals surface area contributed by atoms with Crippen molar-refractivity contribution in [3.63, 3.8) is 0 Å². The molecule has 0 aliphatic carbocycles. The van der Waals surface area contributed by atoms with Gasteiger partial charge in [-0.1, -0.05) is 30.0 Å². The Labute approximate surface area is 166 Å². The van der Waals surface area contributed by atoms with E-state index in [-0.39, 0.29) is 12.1 Å². The first-order valence-corrected chi connectivity index (χ1v) is 9.99. The van der Waals surface area contributed by atoms with Crippen molar-refractivity contribution >= 4 is 29.3 Å². The van der Waals surface area contributed by atoms with Gasteiger partial charge in [-0.3, -0.25) is 0 Å². The van der Waals surface area contributed by atoms with Gasteiger partial charge in [-0.05, 0) is 41.8 Å². The molecule has 3 N–H and O–H groups in total. The molecule has 0 bridgehead atoms. The molecular weight excluding hydrogens is 378 g/mol. The average molecular weight is 399 g/mol. The molecule has 10 nitrogen and oxygen atoms in total. The molecule has 3 aromatic rings. The van der Waals surface area contributed by atoms with Crippen LogP contribution < -0.4 is 11.1 Å². The first-order chi connectivity index (χ1) is 13.7. The number of nitrogens with two attached hydrogens (primary N) is 1. The molecule has 0 saturated carbocycles. The second-order valence-electron chi connectivity index (χ2n) is 6.44. The van der Waals surface area contributed by atoms with Crippen LogP contribution in [0.1, 0.15) is 24.2 Å². The summed E-state index contributed by atoms with van der Waals surface area (Å²) in [7, 11) is 0. The standard InChI is InChI=1S/C17H21N9OS/c1-11-5-2-3-7-13(11)19-16-21-14(20-15(18)22-16)10-28-17-23-24-25-26(17)9-12-6-4-8-27-12/h2-3,5,7,12H,4,6,8-10H2,1H3,(H3,18,19,20,21,22)/t12-/m1/s1. The normalized spacial score (nSPS) is 16.4. The Kier molecular flexibility index (Phi) is 5.63. The van der Waals surface area contributed by atoms with Gasteiger partial charge in [0.2, 0.25) is 17.1 Å². The third-order valence-electron chi connectivity index (χ3n) is 4.32. The van der Waals surface area contributed by atoms with E-state index in [1.807, 2.05) is 31.2 Å². The van der Waals surface area contributed by atoms with Crippen LogP contribution in [0.2, 0.25) is 0 Å². The summed E-state index contributed by atoms with van der Waals surface area (Å²) in [5, 5.41) is 15.8. The molecule has 0 radical (unpaired) electrons. The van der Waals surface area contributed by atoms with Crippen molar-refractivity contribution in [2.45, 2.75) is 43.3 Å². The highest BCUT2D eigenvalue weighted by molar-refractivity contribution is 7.98. The number of nitrogens with one attached hydrogen (secondary N) is 1. The summed E-state index contributed by atoms with van der Waals surface area (Å²) in [5.74, 6) is 1.61. The number of rotatable bonds is 7. The fourth-order valence-electron chi connectivity index (χ4n) is 2.92. The number of anilines is 3. The van der Waals surface area contributed by atoms with Gasteiger partial charge in [-0.2, -0.15) is 15.0 Å². The number of hydrogen-bond acceptors (Lipinski definition) is 10. The smallest absolute Gasteiger partial charge is 0.232 e. The fourth-order valence-corrected chi connectivity index (χ4v) is 3.66. The minimum absolute atomic E-state index is 0.167. The Hall–Kier alpha value is -2.79. The number of aryl methyl sites for hydroxylation is 1. The average Bonchev–Trinajstić information content (AvgIpc) is 3.34. The zero-order chi connectivity index (χ0) is 19.3. The molecule has 1 saturated heterocycles. The lowest BCUT2D eigenvalue weighted by atomic mass is 10.2. The molecule has 1 atom stereocenters. The maximum atomic E-state index is 5.87. The second-order valence-corrected chi connectivity index (χ2v) is 7.38. The Bertz CT molecular complexity index is 942. The van der Waals surface area contributed by atoms with Crippen LogP contribution in [-0.2, 0) is 17.0 Å². The molecule has 1 fully saturated rings. The lowest BCUT2D eigenvalue weighted by Crippen LogP contribution is -2.17. The lowest BCUT2D eigenvalue weighted by molar-refractivity contribution is 0.0912. The van der Waals surface area contributed by atoms with Gasteiger partial charge in [0.1, 0.15) is 5.82 Å². The molecule has 1 aliphatic rings. The highest BCUT2D eigenvalue weighted by Crippen LogP contribution is 2.22. The van der Waals surface area contributed by atoms with Crippen molar-refractivity contribution in [3.8, 4) is 0 Å². The number of nitrogen functional groups attached to an aromatic ring is 1. The Morgan fingerprint density at radius 3 is 3.00 bits per heavy atom. The van der Waals surface area contributed by atoms with Gasteiger partial charge in [-0.25, -0.2) is 4.68 Å². The number of nitrogens with zero attached hydrogens (tertiary/aromatic N) is 7. The summed E-state index contributed by atoms with van der Waals surface area (Å²) in [6.07, 6.45) is 2.28. The van der Waals surface area contributed by atoms with E-state index in [2.05, 4.69) is 35.8 Å². The van der Waals surface area contributed by atoms with Crippen molar-refractivity contribution < 1.29 is 4.74 Å². The minimum Gasteiger partial charge on any atom is -0.376 e. The topological polar surface area (TPSA) is 130 Å². The Balaban J connectivity index is 1.43. The highest BCUT2D eigenvalue weighted by Gasteiger charge is 2.19. The van der Waals surface area contributed by atoms with E-state index in [0.717, 1.165) is 30.7 Å². The monoisotopic (exact) mass is 399 g/mol. The number of thioether (sulfide) groups is 1. The van der Waals surface area contributed by atoms with Crippen LogP contribution in [0.25, 0.3) is 0 Å². The quantitative estimate of drug-likeness (QED) is 0.569. The van der Waals surface area contributed by atoms with E-state index in [0.29, 0.717) is 29.2 Å². The van der Waals surface area contributed by atoms with Gasteiger partial charge >= 0.3 is 0 Å². The first kappa shape index (κ1) is 18.6. The molecule has 3 heterocycles. The molecule has 11 heteroatoms. The van der Waals surface area contributed by atoms with Crippen LogP contribution in [0, 0.1) is 6.92 Å². The van der Waals surface area contributed by atoms with E-state index < -0.39 is 0 Å². The van der Waals surface area contributed by atoms with Gasteiger partial charge in [0.05, 0.1) is 18.4 Å². The number of para-hydroxylation sites is 1. The van der Waals surface area contributed by atoms with Crippen LogP contribution >= 0.6 is 11.8 Å². The van der Waals surface area contributed by atoms with Crippen molar-refractivity contribution in [3.05, 3.63) is 35.7 Å². The molecule has 1 aliphatic heterocycles. The largest absolute Gasteiger partial charge is 0.376 e. The molecule has 4 rings (SSSR count). The van der Waals surface area contributed by atoms with Crippen molar-refractivity contribution in [1.29, 1.82) is 0 Å². The van der Waals surface area contributed by atoms with Crippen LogP contribution in [0.3, 0.4) is 0 Å². The zero-order valence-electron chi connectivity index (χ0n) is 15.4. The molecule has 28 heavy (non-hydrogen) atoms. The van der Waals surface area contributed by atoms with Crippen LogP contribution in [0.4, 0.5) is 17.6 Å². The number of tetrazole rings is 1. The number of benzene rings is 1. The van der Waals surface area contributed by atoms with Gasteiger partial charge < -0.3 is 15.8 Å². The number of aromatic nitrogens is 7. The summed E-state index contributed by atoms with van der Waals surface area (Å²) in [6, 6.07) is 7.90. The van der Waals surface area contributed by atoms with E-state index in [1.165, 1.54) is 11.8 Å². The minimum atomic E-state index is 0.167. The molecule has 1 aromatic carbocycles. The molecule has 0 unspecified atom stereocenters. The van der Waals surface area contributed by atoms with Crippen LogP contribution in [-0.4, -0.2) is 47.9 Å². The van der Waals surface area contributed by atoms with Crippen molar-refractivity contribution in [2.75, 3.05) is 17.7 Å². The van der Waals surface area contributed by atoms with Crippen LogP contribution in [0.15, 0.2) is 29.4 Å². The molecule has 0 amide bonds. The first-order valence-electron chi connectivity index (χ1n) is 9.01. The van der Waals surface area contributed by atoms with E-state index in [1.54, 1.807) is 4.68 Å². The van der Waals surface area contributed by atoms with E-state index >= 15 is 0 Å². The predicted molar refractivity (Wildman–Crippen MR) is 105 cm³/mol. The van der Waals surface area contributed by atoms with Gasteiger partial charge in [0, 0.05) is 12.3 Å². The van der Waals surface area contributed by atoms with E-state index in [4.69, 9.17) is 10.5 Å². The summed E-state index contributed by atoms with van der Waals surface area (Å²) in [5.41, 5.74) is 7.88. The maximum absolute atomic E-state index is 5.87. The predicted octanol–water partition coefficient (Wildman–Crippen LogP) is 1.96. The number of hydrogen-bond donors (Lipinski definition) is 2. The van der Waals surface area contributed by atoms with Gasteiger partial charge in [0.15, 0.2) is 0 Å². The van der Waals surface area contributed by atoms with Gasteiger partial charge in [-0.15, -0.1) is 5.10 Å². The molecule has 0 spiro atoms. The lowest BCUT2D eigenvalue weighted by Gasteiger charge is -2.10. The third kappa shape index (κ3) is 4.54. The summed E-state index contributed by atoms with van der Waals surface area (Å²) in [6.45, 7) is 3.46. The van der Waals surface area contributed by atoms with Crippen molar-refractivity contribution in [2.24, 2.45) is 0 Å². The highest BCUT2D eigenvalue weighted by atomic mass is 32.2. The summed E-state index contributed by atoms with van der Waals surface area (Å²) >= 11 is 1.45. The van der Waals surface area contributed by atoms with Gasteiger partial charge in [0.25, 0.3) is 0 Å².